The summed E-state index contributed by atoms with van der Waals surface area (Å²) in [5.74, 6) is 0.0686. The van der Waals surface area contributed by atoms with Crippen molar-refractivity contribution in [3.63, 3.8) is 0 Å². The van der Waals surface area contributed by atoms with Gasteiger partial charge in [-0.2, -0.15) is 0 Å². The van der Waals surface area contributed by atoms with E-state index in [-0.39, 0.29) is 23.5 Å². The van der Waals surface area contributed by atoms with E-state index in [2.05, 4.69) is 20.4 Å². The summed E-state index contributed by atoms with van der Waals surface area (Å²) < 4.78 is 5.50. The molecule has 1 heterocycles. The Balaban J connectivity index is 2.49. The van der Waals surface area contributed by atoms with Crippen LogP contribution < -0.4 is 5.73 Å². The number of likely N-dealkylation sites (tertiary alicyclic amines) is 1. The lowest BCUT2D eigenvalue weighted by Crippen LogP contribution is -2.55. The van der Waals surface area contributed by atoms with Crippen LogP contribution in [-0.4, -0.2) is 42.6 Å². The molecule has 1 aliphatic heterocycles. The van der Waals surface area contributed by atoms with Gasteiger partial charge in [0.25, 0.3) is 5.91 Å². The molecule has 18 heavy (non-hydrogen) atoms. The monoisotopic (exact) mass is 254 g/mol. The number of carbonyl (C=O) groups excluding carboxylic acids is 1. The number of hydrogen-bond donors (Lipinski definition) is 1. The molecule has 1 aliphatic rings. The van der Waals surface area contributed by atoms with Crippen LogP contribution in [-0.2, 0) is 9.53 Å². The highest BCUT2D eigenvalue weighted by atomic mass is 16.5. The maximum atomic E-state index is 12.2. The van der Waals surface area contributed by atoms with Gasteiger partial charge in [0, 0.05) is 19.1 Å². The van der Waals surface area contributed by atoms with Gasteiger partial charge in [0.2, 0.25) is 0 Å². The maximum absolute atomic E-state index is 12.2. The number of nitrogens with zero attached hydrogens (tertiary/aromatic N) is 1. The smallest absolute Gasteiger partial charge is 0.251 e. The third-order valence-electron chi connectivity index (χ3n) is 3.66. The maximum Gasteiger partial charge on any atom is 0.251 e. The minimum absolute atomic E-state index is 0.0191. The number of hydrogen-bond acceptors (Lipinski definition) is 3. The van der Waals surface area contributed by atoms with Gasteiger partial charge in [-0.3, -0.25) is 4.79 Å². The van der Waals surface area contributed by atoms with Gasteiger partial charge in [0.05, 0.1) is 6.61 Å². The topological polar surface area (TPSA) is 55.6 Å². The summed E-state index contributed by atoms with van der Waals surface area (Å²) in [5, 5.41) is 0. The summed E-state index contributed by atoms with van der Waals surface area (Å²) in [7, 11) is 0. The van der Waals surface area contributed by atoms with Gasteiger partial charge in [-0.25, -0.2) is 0 Å². The molecule has 0 aromatic heterocycles. The van der Waals surface area contributed by atoms with Crippen molar-refractivity contribution in [3.05, 3.63) is 12.7 Å². The summed E-state index contributed by atoms with van der Waals surface area (Å²) in [6, 6.07) is 0.165. The van der Waals surface area contributed by atoms with Crippen molar-refractivity contribution < 1.29 is 9.53 Å². The Morgan fingerprint density at radius 1 is 1.67 bits per heavy atom. The van der Waals surface area contributed by atoms with Crippen molar-refractivity contribution in [1.29, 1.82) is 0 Å². The van der Waals surface area contributed by atoms with Crippen LogP contribution in [0.4, 0.5) is 0 Å². The average molecular weight is 254 g/mol. The third-order valence-corrected chi connectivity index (χ3v) is 3.66. The summed E-state index contributed by atoms with van der Waals surface area (Å²) in [4.78, 5) is 14.1. The van der Waals surface area contributed by atoms with Crippen LogP contribution in [0.25, 0.3) is 0 Å². The number of nitrogens with two attached hydrogens (primary N) is 1. The third kappa shape index (κ3) is 3.82. The Morgan fingerprint density at radius 3 is 2.89 bits per heavy atom. The van der Waals surface area contributed by atoms with Crippen LogP contribution in [0.5, 0.6) is 0 Å². The Kier molecular flexibility index (Phi) is 5.35. The predicted octanol–water partition coefficient (Wildman–Crippen LogP) is 1.55. The van der Waals surface area contributed by atoms with E-state index in [4.69, 9.17) is 10.5 Å². The van der Waals surface area contributed by atoms with Gasteiger partial charge in [0.1, 0.15) is 6.10 Å². The van der Waals surface area contributed by atoms with Crippen molar-refractivity contribution in [1.82, 2.24) is 4.90 Å². The molecule has 1 rings (SSSR count). The zero-order chi connectivity index (χ0) is 13.8. The Labute approximate surface area is 110 Å². The molecule has 0 bridgehead atoms. The lowest BCUT2D eigenvalue weighted by atomic mass is 9.79. The van der Waals surface area contributed by atoms with Crippen LogP contribution in [0.15, 0.2) is 12.7 Å². The molecular weight excluding hydrogens is 228 g/mol. The molecule has 0 radical (unpaired) electrons. The second kappa shape index (κ2) is 6.34. The molecule has 104 valence electrons. The molecule has 0 aromatic carbocycles. The molecule has 0 spiro atoms. The summed E-state index contributed by atoms with van der Waals surface area (Å²) in [5.41, 5.74) is 6.05. The fourth-order valence-electron chi connectivity index (χ4n) is 2.22. The Hall–Kier alpha value is -0.870. The fraction of sp³-hybridized carbons (Fsp3) is 0.786. The number of piperidine rings is 1. The lowest BCUT2D eigenvalue weighted by Gasteiger charge is -2.43. The highest BCUT2D eigenvalue weighted by molar-refractivity contribution is 5.80. The van der Waals surface area contributed by atoms with Crippen LogP contribution in [0.1, 0.15) is 33.6 Å². The molecule has 2 atom stereocenters. The molecule has 0 aromatic rings. The minimum Gasteiger partial charge on any atom is -0.368 e. The van der Waals surface area contributed by atoms with Crippen LogP contribution >= 0.6 is 0 Å². The first kappa shape index (κ1) is 15.2. The summed E-state index contributed by atoms with van der Waals surface area (Å²) >= 11 is 0. The predicted molar refractivity (Wildman–Crippen MR) is 73.2 cm³/mol. The molecule has 1 fully saturated rings. The standard InChI is InChI=1S/C14H26N2O2/c1-5-6-9-18-11(2)13(17)16-8-7-12(15)14(3,4)10-16/h5,11-12H,1,6-10,15H2,2-4H3. The second-order valence-corrected chi connectivity index (χ2v) is 5.73. The van der Waals surface area contributed by atoms with Gasteiger partial charge < -0.3 is 15.4 Å². The van der Waals surface area contributed by atoms with E-state index in [1.807, 2.05) is 11.8 Å². The van der Waals surface area contributed by atoms with E-state index >= 15 is 0 Å². The zero-order valence-corrected chi connectivity index (χ0v) is 11.8. The number of carbonyl (C=O) groups is 1. The zero-order valence-electron chi connectivity index (χ0n) is 11.8. The fourth-order valence-corrected chi connectivity index (χ4v) is 2.22. The first-order valence-electron chi connectivity index (χ1n) is 6.65. The molecule has 1 saturated heterocycles. The number of ether oxygens (including phenoxy) is 1. The first-order valence-corrected chi connectivity index (χ1v) is 6.65. The highest BCUT2D eigenvalue weighted by Crippen LogP contribution is 2.28. The van der Waals surface area contributed by atoms with E-state index in [1.165, 1.54) is 0 Å². The van der Waals surface area contributed by atoms with Gasteiger partial charge in [-0.05, 0) is 25.2 Å². The second-order valence-electron chi connectivity index (χ2n) is 5.73. The molecule has 0 saturated carbocycles. The molecule has 1 amide bonds. The van der Waals surface area contributed by atoms with Crippen molar-refractivity contribution in [2.75, 3.05) is 19.7 Å². The summed E-state index contributed by atoms with van der Waals surface area (Å²) in [6.07, 6.45) is 3.04. The van der Waals surface area contributed by atoms with Crippen molar-refractivity contribution in [2.24, 2.45) is 11.1 Å². The first-order chi connectivity index (χ1) is 8.38. The Bertz CT molecular complexity index is 302. The van der Waals surface area contributed by atoms with Crippen LogP contribution in [0.3, 0.4) is 0 Å². The quantitative estimate of drug-likeness (QED) is 0.598. The summed E-state index contributed by atoms with van der Waals surface area (Å²) in [6.45, 7) is 11.7. The number of amides is 1. The van der Waals surface area contributed by atoms with E-state index in [9.17, 15) is 4.79 Å². The lowest BCUT2D eigenvalue weighted by molar-refractivity contribution is -0.146. The van der Waals surface area contributed by atoms with E-state index in [0.717, 1.165) is 19.4 Å². The average Bonchev–Trinajstić information content (AvgIpc) is 2.32. The molecular formula is C14H26N2O2. The SMILES string of the molecule is C=CCCOC(C)C(=O)N1CCC(N)C(C)(C)C1. The molecule has 2 N–H and O–H groups in total. The molecule has 4 heteroatoms. The van der Waals surface area contributed by atoms with Crippen molar-refractivity contribution in [3.8, 4) is 0 Å². The van der Waals surface area contributed by atoms with E-state index in [0.29, 0.717) is 13.2 Å². The van der Waals surface area contributed by atoms with Gasteiger partial charge in [0.15, 0.2) is 0 Å². The van der Waals surface area contributed by atoms with Gasteiger partial charge in [-0.1, -0.05) is 19.9 Å². The van der Waals surface area contributed by atoms with Crippen LogP contribution in [0, 0.1) is 5.41 Å². The molecule has 0 aliphatic carbocycles. The van der Waals surface area contributed by atoms with Gasteiger partial charge >= 0.3 is 0 Å². The Morgan fingerprint density at radius 2 is 2.33 bits per heavy atom. The minimum atomic E-state index is -0.380. The van der Waals surface area contributed by atoms with E-state index < -0.39 is 0 Å². The largest absolute Gasteiger partial charge is 0.368 e. The molecule has 4 nitrogen and oxygen atoms in total. The number of rotatable bonds is 5. The van der Waals surface area contributed by atoms with Crippen LogP contribution in [0.2, 0.25) is 0 Å². The normalized spacial score (nSPS) is 24.7. The van der Waals surface area contributed by atoms with Gasteiger partial charge in [-0.15, -0.1) is 6.58 Å². The molecule has 2 unspecified atom stereocenters. The highest BCUT2D eigenvalue weighted by Gasteiger charge is 2.36. The van der Waals surface area contributed by atoms with E-state index in [1.54, 1.807) is 6.08 Å². The van der Waals surface area contributed by atoms with Crippen molar-refractivity contribution in [2.45, 2.75) is 45.8 Å². The van der Waals surface area contributed by atoms with Crippen molar-refractivity contribution >= 4 is 5.91 Å².